The minimum Gasteiger partial charge on any atom is -0.465 e. The van der Waals surface area contributed by atoms with Crippen molar-refractivity contribution in [1.82, 2.24) is 4.98 Å². The van der Waals surface area contributed by atoms with Crippen LogP contribution in [0.15, 0.2) is 18.2 Å². The molecule has 4 heteroatoms. The van der Waals surface area contributed by atoms with Gasteiger partial charge < -0.3 is 10.5 Å². The van der Waals surface area contributed by atoms with Crippen molar-refractivity contribution in [1.29, 1.82) is 0 Å². The van der Waals surface area contributed by atoms with Crippen LogP contribution in [0.2, 0.25) is 0 Å². The first kappa shape index (κ1) is 11.1. The number of nitrogens with zero attached hydrogens (tertiary/aromatic N) is 1. The summed E-state index contributed by atoms with van der Waals surface area (Å²) in [6, 6.07) is 5.17. The third-order valence-electron chi connectivity index (χ3n) is 1.53. The summed E-state index contributed by atoms with van der Waals surface area (Å²) >= 11 is 0. The Bertz CT molecular complexity index is 405. The van der Waals surface area contributed by atoms with E-state index in [0.29, 0.717) is 18.1 Å². The number of carbonyl (C=O) groups excluding carboxylic acids is 1. The van der Waals surface area contributed by atoms with Crippen LogP contribution in [0, 0.1) is 11.8 Å². The molecule has 0 radical (unpaired) electrons. The van der Waals surface area contributed by atoms with Gasteiger partial charge in [-0.1, -0.05) is 12.0 Å². The van der Waals surface area contributed by atoms with E-state index in [1.807, 2.05) is 0 Å². The second-order valence-electron chi connectivity index (χ2n) is 2.73. The highest BCUT2D eigenvalue weighted by Gasteiger charge is 1.96. The predicted octanol–water partition coefficient (Wildman–Crippen LogP) is 0.968. The number of hydrogen-bond donors (Lipinski definition) is 1. The van der Waals surface area contributed by atoms with Gasteiger partial charge in [0.05, 0.1) is 6.61 Å². The van der Waals surface area contributed by atoms with Crippen LogP contribution in [0.25, 0.3) is 0 Å². The number of aromatic nitrogens is 1. The fraction of sp³-hybridized carbons (Fsp3) is 0.273. The standard InChI is InChI=1S/C11H12N2O2/c1-2-15-11(14)8-4-6-9-5-3-7-10(12)13-9/h3,5,7H,2,8H2,1H3,(H2,12,13). The molecule has 0 aliphatic carbocycles. The molecule has 0 spiro atoms. The van der Waals surface area contributed by atoms with Gasteiger partial charge in [-0.05, 0) is 25.0 Å². The molecule has 1 aromatic rings. The normalized spacial score (nSPS) is 8.87. The quantitative estimate of drug-likeness (QED) is 0.575. The molecule has 4 nitrogen and oxygen atoms in total. The molecule has 0 unspecified atom stereocenters. The van der Waals surface area contributed by atoms with Crippen LogP contribution < -0.4 is 5.73 Å². The molecule has 2 N–H and O–H groups in total. The molecule has 78 valence electrons. The number of hydrogen-bond acceptors (Lipinski definition) is 4. The van der Waals surface area contributed by atoms with E-state index in [1.54, 1.807) is 25.1 Å². The summed E-state index contributed by atoms with van der Waals surface area (Å²) in [5.74, 6) is 5.49. The van der Waals surface area contributed by atoms with Crippen molar-refractivity contribution < 1.29 is 9.53 Å². The molecule has 0 aliphatic rings. The zero-order valence-electron chi connectivity index (χ0n) is 8.49. The van der Waals surface area contributed by atoms with E-state index < -0.39 is 0 Å². The highest BCUT2D eigenvalue weighted by molar-refractivity contribution is 5.72. The van der Waals surface area contributed by atoms with Crippen LogP contribution in [0.3, 0.4) is 0 Å². The van der Waals surface area contributed by atoms with Crippen LogP contribution in [-0.4, -0.2) is 17.6 Å². The number of rotatable bonds is 2. The first-order valence-corrected chi connectivity index (χ1v) is 4.59. The van der Waals surface area contributed by atoms with E-state index in [9.17, 15) is 4.79 Å². The first-order chi connectivity index (χ1) is 7.22. The third-order valence-corrected chi connectivity index (χ3v) is 1.53. The predicted molar refractivity (Wildman–Crippen MR) is 56.8 cm³/mol. The van der Waals surface area contributed by atoms with Crippen LogP contribution in [0.5, 0.6) is 0 Å². The van der Waals surface area contributed by atoms with Crippen LogP contribution in [-0.2, 0) is 9.53 Å². The Morgan fingerprint density at radius 1 is 1.60 bits per heavy atom. The number of carbonyl (C=O) groups is 1. The molecule has 1 aromatic heterocycles. The van der Waals surface area contributed by atoms with Crippen molar-refractivity contribution in [3.63, 3.8) is 0 Å². The van der Waals surface area contributed by atoms with Crippen molar-refractivity contribution >= 4 is 11.8 Å². The molecule has 0 fully saturated rings. The van der Waals surface area contributed by atoms with Gasteiger partial charge in [-0.25, -0.2) is 4.98 Å². The Hall–Kier alpha value is -2.02. The van der Waals surface area contributed by atoms with Crippen LogP contribution >= 0.6 is 0 Å². The molecule has 1 heterocycles. The Morgan fingerprint density at radius 2 is 2.40 bits per heavy atom. The molecule has 1 rings (SSSR count). The molecular weight excluding hydrogens is 192 g/mol. The Morgan fingerprint density at radius 3 is 3.07 bits per heavy atom. The van der Waals surface area contributed by atoms with E-state index >= 15 is 0 Å². The lowest BCUT2D eigenvalue weighted by Gasteiger charge is -1.95. The van der Waals surface area contributed by atoms with Crippen LogP contribution in [0.1, 0.15) is 19.0 Å². The number of pyridine rings is 1. The van der Waals surface area contributed by atoms with Gasteiger partial charge in [-0.3, -0.25) is 4.79 Å². The van der Waals surface area contributed by atoms with Crippen molar-refractivity contribution in [3.05, 3.63) is 23.9 Å². The average molecular weight is 204 g/mol. The fourth-order valence-electron chi connectivity index (χ4n) is 0.940. The molecule has 0 amide bonds. The summed E-state index contributed by atoms with van der Waals surface area (Å²) in [5, 5.41) is 0. The van der Waals surface area contributed by atoms with Gasteiger partial charge in [-0.2, -0.15) is 0 Å². The first-order valence-electron chi connectivity index (χ1n) is 4.59. The lowest BCUT2D eigenvalue weighted by Crippen LogP contribution is -2.01. The second kappa shape index (κ2) is 5.66. The Labute approximate surface area is 88.5 Å². The Kier molecular flexibility index (Phi) is 4.17. The summed E-state index contributed by atoms with van der Waals surface area (Å²) in [6.07, 6.45) is 0.0737. The maximum absolute atomic E-state index is 10.9. The van der Waals surface area contributed by atoms with Gasteiger partial charge in [0, 0.05) is 0 Å². The number of anilines is 1. The summed E-state index contributed by atoms with van der Waals surface area (Å²) < 4.78 is 4.72. The number of nitrogens with two attached hydrogens (primary N) is 1. The number of nitrogen functional groups attached to an aromatic ring is 1. The maximum atomic E-state index is 10.9. The monoisotopic (exact) mass is 204 g/mol. The smallest absolute Gasteiger partial charge is 0.317 e. The summed E-state index contributed by atoms with van der Waals surface area (Å²) in [6.45, 7) is 2.13. The fourth-order valence-corrected chi connectivity index (χ4v) is 0.940. The minimum atomic E-state index is -0.325. The molecule has 0 atom stereocenters. The van der Waals surface area contributed by atoms with Crippen molar-refractivity contribution in [3.8, 4) is 11.8 Å². The van der Waals surface area contributed by atoms with E-state index in [1.165, 1.54) is 0 Å². The summed E-state index contributed by atoms with van der Waals surface area (Å²) in [5.41, 5.74) is 6.02. The Balaban J connectivity index is 2.55. The maximum Gasteiger partial charge on any atom is 0.317 e. The molecule has 0 saturated carbocycles. The zero-order valence-corrected chi connectivity index (χ0v) is 8.49. The number of esters is 1. The SMILES string of the molecule is CCOC(=O)CC#Cc1cccc(N)n1. The lowest BCUT2D eigenvalue weighted by atomic mass is 10.3. The topological polar surface area (TPSA) is 65.2 Å². The largest absolute Gasteiger partial charge is 0.465 e. The van der Waals surface area contributed by atoms with Gasteiger partial charge in [0.25, 0.3) is 0 Å². The molecule has 0 saturated heterocycles. The second-order valence-corrected chi connectivity index (χ2v) is 2.73. The van der Waals surface area contributed by atoms with Gasteiger partial charge in [-0.15, -0.1) is 0 Å². The highest BCUT2D eigenvalue weighted by Crippen LogP contribution is 1.98. The summed E-state index contributed by atoms with van der Waals surface area (Å²) in [4.78, 5) is 14.9. The highest BCUT2D eigenvalue weighted by atomic mass is 16.5. The van der Waals surface area contributed by atoms with Gasteiger partial charge in [0.1, 0.15) is 17.9 Å². The van der Waals surface area contributed by atoms with Gasteiger partial charge >= 0.3 is 5.97 Å². The van der Waals surface area contributed by atoms with Gasteiger partial charge in [0.2, 0.25) is 0 Å². The molecular formula is C11H12N2O2. The lowest BCUT2D eigenvalue weighted by molar-refractivity contribution is -0.141. The zero-order chi connectivity index (χ0) is 11.1. The van der Waals surface area contributed by atoms with Crippen molar-refractivity contribution in [2.75, 3.05) is 12.3 Å². The van der Waals surface area contributed by atoms with E-state index in [-0.39, 0.29) is 12.4 Å². The van der Waals surface area contributed by atoms with E-state index in [0.717, 1.165) is 0 Å². The number of ether oxygens (including phenoxy) is 1. The molecule has 0 aromatic carbocycles. The third kappa shape index (κ3) is 4.14. The summed E-state index contributed by atoms with van der Waals surface area (Å²) in [7, 11) is 0. The van der Waals surface area contributed by atoms with Crippen LogP contribution in [0.4, 0.5) is 5.82 Å². The molecule has 0 aliphatic heterocycles. The van der Waals surface area contributed by atoms with Crippen molar-refractivity contribution in [2.24, 2.45) is 0 Å². The van der Waals surface area contributed by atoms with E-state index in [4.69, 9.17) is 10.5 Å². The van der Waals surface area contributed by atoms with Gasteiger partial charge in [0.15, 0.2) is 0 Å². The van der Waals surface area contributed by atoms with Crippen molar-refractivity contribution in [2.45, 2.75) is 13.3 Å². The minimum absolute atomic E-state index is 0.0737. The molecule has 0 bridgehead atoms. The molecule has 15 heavy (non-hydrogen) atoms. The van der Waals surface area contributed by atoms with E-state index in [2.05, 4.69) is 16.8 Å². The average Bonchev–Trinajstić information content (AvgIpc) is 2.18.